The Morgan fingerprint density at radius 3 is 1.14 bits per heavy atom. The molecule has 2 aliphatic rings. The standard InChI is InChI=1S/2C23H19.C2H6Si.Zr/c2*1-2-17-15-21-9-6-10-22(23(21)16-17)20-13-11-19(12-14-20)18-7-4-3-5-8-18;1-3-2;/h2*3-16H,2H2,1H3;1-2H3;. The zero-order valence-corrected chi connectivity index (χ0v) is 33.0. The van der Waals surface area contributed by atoms with E-state index in [1.54, 1.807) is 22.3 Å². The van der Waals surface area contributed by atoms with Gasteiger partial charge in [0, 0.05) is 0 Å². The molecule has 0 heterocycles. The van der Waals surface area contributed by atoms with Crippen molar-refractivity contribution in [2.75, 3.05) is 0 Å². The minimum absolute atomic E-state index is 0.517. The first-order valence-electron chi connectivity index (χ1n) is 18.2. The molecule has 0 nitrogen and oxygen atoms in total. The normalized spacial score (nSPS) is 16.0. The first kappa shape index (κ1) is 33.1. The van der Waals surface area contributed by atoms with Gasteiger partial charge in [-0.3, -0.25) is 0 Å². The van der Waals surface area contributed by atoms with Gasteiger partial charge in [0.1, 0.15) is 0 Å². The van der Waals surface area contributed by atoms with Crippen molar-refractivity contribution >= 4 is 17.6 Å². The summed E-state index contributed by atoms with van der Waals surface area (Å²) in [5, 5.41) is 0. The van der Waals surface area contributed by atoms with E-state index in [0.29, 0.717) is 7.25 Å². The second-order valence-electron chi connectivity index (χ2n) is 14.0. The van der Waals surface area contributed by atoms with Crippen molar-refractivity contribution in [3.8, 4) is 44.5 Å². The van der Waals surface area contributed by atoms with Crippen LogP contribution in [0.15, 0.2) is 157 Å². The quantitative estimate of drug-likeness (QED) is 0.136. The first-order valence-corrected chi connectivity index (χ1v) is 27.2. The third-order valence-electron chi connectivity index (χ3n) is 10.9. The summed E-state index contributed by atoms with van der Waals surface area (Å²) in [5.41, 5.74) is 19.5. The molecule has 0 amide bonds. The molecule has 0 N–H and O–H groups in total. The predicted molar refractivity (Wildman–Crippen MR) is 214 cm³/mol. The van der Waals surface area contributed by atoms with Crippen LogP contribution in [0.25, 0.3) is 56.7 Å². The Morgan fingerprint density at radius 2 is 0.780 bits per heavy atom. The van der Waals surface area contributed by atoms with Gasteiger partial charge in [0.2, 0.25) is 0 Å². The molecule has 6 aromatic rings. The summed E-state index contributed by atoms with van der Waals surface area (Å²) in [6, 6.07) is 54.3. The van der Waals surface area contributed by atoms with Crippen LogP contribution in [0.3, 0.4) is 0 Å². The number of rotatable bonds is 8. The summed E-state index contributed by atoms with van der Waals surface area (Å²) >= 11 is -2.21. The summed E-state index contributed by atoms with van der Waals surface area (Å²) in [4.78, 5) is 0. The van der Waals surface area contributed by atoms with Gasteiger partial charge in [-0.25, -0.2) is 0 Å². The average molecular weight is 740 g/mol. The average Bonchev–Trinajstić information content (AvgIpc) is 3.74. The molecule has 0 saturated heterocycles. The number of hydrogen-bond donors (Lipinski definition) is 0. The third-order valence-corrected chi connectivity index (χ3v) is 30.4. The molecule has 2 unspecified atom stereocenters. The van der Waals surface area contributed by atoms with Gasteiger partial charge in [-0.2, -0.15) is 0 Å². The molecule has 0 saturated carbocycles. The van der Waals surface area contributed by atoms with Crippen molar-refractivity contribution in [3.05, 3.63) is 179 Å². The summed E-state index contributed by atoms with van der Waals surface area (Å²) in [6.07, 6.45) is 7.48. The van der Waals surface area contributed by atoms with Crippen LogP contribution in [0.2, 0.25) is 13.1 Å². The number of hydrogen-bond acceptors (Lipinski definition) is 0. The molecule has 6 aromatic carbocycles. The van der Waals surface area contributed by atoms with Gasteiger partial charge in [0.25, 0.3) is 0 Å². The molecule has 0 spiro atoms. The Kier molecular flexibility index (Phi) is 9.43. The third kappa shape index (κ3) is 6.01. The molecule has 50 heavy (non-hydrogen) atoms. The molecule has 2 heteroatoms. The molecule has 2 atom stereocenters. The van der Waals surface area contributed by atoms with Crippen molar-refractivity contribution in [3.63, 3.8) is 0 Å². The summed E-state index contributed by atoms with van der Waals surface area (Å²) in [7, 11) is 0. The van der Waals surface area contributed by atoms with E-state index in [1.165, 1.54) is 55.6 Å². The van der Waals surface area contributed by atoms with Crippen LogP contribution in [0.5, 0.6) is 0 Å². The molecule has 0 aliphatic heterocycles. The van der Waals surface area contributed by atoms with Gasteiger partial charge in [0.15, 0.2) is 0 Å². The number of benzene rings is 6. The van der Waals surface area contributed by atoms with Crippen LogP contribution < -0.4 is 0 Å². The monoisotopic (exact) mass is 738 g/mol. The fraction of sp³-hybridized carbons (Fsp3) is 0.167. The topological polar surface area (TPSA) is 0 Å². The molecule has 0 fully saturated rings. The van der Waals surface area contributed by atoms with Gasteiger partial charge in [-0.1, -0.05) is 0 Å². The van der Waals surface area contributed by atoms with E-state index in [9.17, 15) is 0 Å². The molecule has 2 aliphatic carbocycles. The van der Waals surface area contributed by atoms with Gasteiger partial charge in [-0.05, 0) is 0 Å². The van der Waals surface area contributed by atoms with Crippen molar-refractivity contribution in [1.29, 1.82) is 0 Å². The first-order chi connectivity index (χ1) is 24.6. The second kappa shape index (κ2) is 14.3. The summed E-state index contributed by atoms with van der Waals surface area (Å²) in [6.45, 7) is 10.1. The predicted octanol–water partition coefficient (Wildman–Crippen LogP) is 13.6. The number of fused-ring (bicyclic) bond motifs is 2. The Morgan fingerprint density at radius 1 is 0.420 bits per heavy atom. The van der Waals surface area contributed by atoms with Crippen LogP contribution in [0.1, 0.15) is 56.2 Å². The van der Waals surface area contributed by atoms with Crippen LogP contribution >= 0.6 is 0 Å². The summed E-state index contributed by atoms with van der Waals surface area (Å²) in [5.74, 6) is 0. The SMILES string of the molecule is CCC1=Cc2c(-c3ccc(-c4ccccc4)cc3)cccc2[CH]1[Zr]([CH]1C(CC)=Cc2c(-c3ccc(-c4ccccc4)cc3)cccc21)=[Si](C)C. The van der Waals surface area contributed by atoms with Crippen molar-refractivity contribution in [2.45, 2.75) is 47.0 Å². The van der Waals surface area contributed by atoms with Gasteiger partial charge < -0.3 is 0 Å². The zero-order valence-electron chi connectivity index (χ0n) is 29.6. The van der Waals surface area contributed by atoms with Crippen LogP contribution in [-0.4, -0.2) is 5.43 Å². The molecule has 0 bridgehead atoms. The van der Waals surface area contributed by atoms with E-state index in [2.05, 4.69) is 185 Å². The second-order valence-corrected chi connectivity index (χ2v) is 31.8. The number of allylic oxidation sites excluding steroid dienone is 2. The maximum atomic E-state index is 2.65. The molecular formula is C48H44SiZr. The fourth-order valence-electron chi connectivity index (χ4n) is 8.47. The van der Waals surface area contributed by atoms with Crippen molar-refractivity contribution < 1.29 is 20.4 Å². The zero-order chi connectivity index (χ0) is 34.2. The van der Waals surface area contributed by atoms with E-state index in [4.69, 9.17) is 0 Å². The van der Waals surface area contributed by atoms with Gasteiger partial charge >= 0.3 is 308 Å². The Bertz CT molecular complexity index is 2110. The minimum atomic E-state index is -2.21. The van der Waals surface area contributed by atoms with Crippen LogP contribution in [0, 0.1) is 0 Å². The van der Waals surface area contributed by atoms with E-state index in [-0.39, 0.29) is 0 Å². The Balaban J connectivity index is 1.18. The van der Waals surface area contributed by atoms with Gasteiger partial charge in [-0.15, -0.1) is 0 Å². The fourth-order valence-corrected chi connectivity index (χ4v) is 29.3. The van der Waals surface area contributed by atoms with Crippen LogP contribution in [0.4, 0.5) is 0 Å². The van der Waals surface area contributed by atoms with E-state index < -0.39 is 25.8 Å². The van der Waals surface area contributed by atoms with Gasteiger partial charge in [0.05, 0.1) is 0 Å². The molecule has 244 valence electrons. The van der Waals surface area contributed by atoms with E-state index in [1.807, 2.05) is 0 Å². The van der Waals surface area contributed by atoms with E-state index >= 15 is 0 Å². The van der Waals surface area contributed by atoms with Crippen molar-refractivity contribution in [1.82, 2.24) is 0 Å². The molecular weight excluding hydrogens is 696 g/mol. The molecule has 8 rings (SSSR count). The summed E-state index contributed by atoms with van der Waals surface area (Å²) < 4.78 is 1.26. The maximum absolute atomic E-state index is 2.65. The Labute approximate surface area is 306 Å². The molecule has 0 radical (unpaired) electrons. The van der Waals surface area contributed by atoms with Crippen molar-refractivity contribution in [2.24, 2.45) is 0 Å². The van der Waals surface area contributed by atoms with Crippen LogP contribution in [-0.2, 0) is 20.4 Å². The van der Waals surface area contributed by atoms with E-state index in [0.717, 1.165) is 12.8 Å². The Hall–Kier alpha value is -4.10. The molecule has 0 aromatic heterocycles.